The van der Waals surface area contributed by atoms with Crippen LogP contribution < -0.4 is 10.5 Å². The molecule has 2 aromatic carbocycles. The zero-order valence-corrected chi connectivity index (χ0v) is 12.1. The standard InChI is InChI=1S/C14H18N2O2S/c1-14(2,3)16-19(17,18)13-9-5-6-10-11(13)7-4-8-12(10)15/h4-9,16H,15H2,1-3H3. The summed E-state index contributed by atoms with van der Waals surface area (Å²) in [5, 5.41) is 1.39. The Hall–Kier alpha value is -1.59. The average molecular weight is 278 g/mol. The maximum absolute atomic E-state index is 12.4. The molecule has 2 rings (SSSR count). The highest BCUT2D eigenvalue weighted by Crippen LogP contribution is 2.27. The first-order valence-electron chi connectivity index (χ1n) is 6.02. The van der Waals surface area contributed by atoms with Gasteiger partial charge >= 0.3 is 0 Å². The van der Waals surface area contributed by atoms with Crippen LogP contribution in [0, 0.1) is 0 Å². The molecule has 0 saturated carbocycles. The van der Waals surface area contributed by atoms with Crippen molar-refractivity contribution in [2.24, 2.45) is 0 Å². The van der Waals surface area contributed by atoms with Crippen LogP contribution in [0.1, 0.15) is 20.8 Å². The van der Waals surface area contributed by atoms with Crippen LogP contribution in [0.2, 0.25) is 0 Å². The summed E-state index contributed by atoms with van der Waals surface area (Å²) in [6, 6.07) is 10.4. The largest absolute Gasteiger partial charge is 0.398 e. The minimum atomic E-state index is -3.57. The predicted molar refractivity (Wildman–Crippen MR) is 78.4 cm³/mol. The molecule has 102 valence electrons. The van der Waals surface area contributed by atoms with Crippen molar-refractivity contribution in [1.82, 2.24) is 4.72 Å². The predicted octanol–water partition coefficient (Wildman–Crippen LogP) is 2.50. The topological polar surface area (TPSA) is 72.2 Å². The first-order valence-corrected chi connectivity index (χ1v) is 7.50. The van der Waals surface area contributed by atoms with E-state index in [2.05, 4.69) is 4.72 Å². The van der Waals surface area contributed by atoms with Crippen molar-refractivity contribution in [1.29, 1.82) is 0 Å². The number of nitrogens with one attached hydrogen (secondary N) is 1. The zero-order valence-electron chi connectivity index (χ0n) is 11.3. The maximum Gasteiger partial charge on any atom is 0.241 e. The molecular weight excluding hydrogens is 260 g/mol. The second-order valence-electron chi connectivity index (χ2n) is 5.55. The lowest BCUT2D eigenvalue weighted by atomic mass is 10.1. The van der Waals surface area contributed by atoms with Crippen molar-refractivity contribution in [2.45, 2.75) is 31.2 Å². The molecule has 0 aromatic heterocycles. The van der Waals surface area contributed by atoms with Gasteiger partial charge in [-0.25, -0.2) is 13.1 Å². The van der Waals surface area contributed by atoms with E-state index in [0.717, 1.165) is 5.39 Å². The van der Waals surface area contributed by atoms with Gasteiger partial charge in [0.1, 0.15) is 0 Å². The van der Waals surface area contributed by atoms with Crippen LogP contribution in [-0.2, 0) is 10.0 Å². The fraction of sp³-hybridized carbons (Fsp3) is 0.286. The first kappa shape index (κ1) is 13.8. The lowest BCUT2D eigenvalue weighted by molar-refractivity contribution is 0.492. The van der Waals surface area contributed by atoms with Gasteiger partial charge in [0.05, 0.1) is 4.90 Å². The summed E-state index contributed by atoms with van der Waals surface area (Å²) in [5.41, 5.74) is 5.93. The zero-order chi connectivity index (χ0) is 14.3. The Kier molecular flexibility index (Phi) is 3.28. The number of sulfonamides is 1. The minimum Gasteiger partial charge on any atom is -0.398 e. The van der Waals surface area contributed by atoms with Crippen molar-refractivity contribution in [3.05, 3.63) is 36.4 Å². The summed E-state index contributed by atoms with van der Waals surface area (Å²) in [5.74, 6) is 0. The number of benzene rings is 2. The molecule has 0 aliphatic carbocycles. The summed E-state index contributed by atoms with van der Waals surface area (Å²) in [6.45, 7) is 5.43. The van der Waals surface area contributed by atoms with Crippen LogP contribution in [-0.4, -0.2) is 14.0 Å². The molecule has 0 atom stereocenters. The van der Waals surface area contributed by atoms with E-state index in [9.17, 15) is 8.42 Å². The van der Waals surface area contributed by atoms with Crippen LogP contribution in [0.4, 0.5) is 5.69 Å². The normalized spacial score (nSPS) is 12.8. The van der Waals surface area contributed by atoms with Gasteiger partial charge in [-0.2, -0.15) is 0 Å². The molecule has 0 fully saturated rings. The molecule has 19 heavy (non-hydrogen) atoms. The van der Waals surface area contributed by atoms with Crippen molar-refractivity contribution < 1.29 is 8.42 Å². The Morgan fingerprint density at radius 1 is 1.00 bits per heavy atom. The lowest BCUT2D eigenvalue weighted by Crippen LogP contribution is -2.40. The first-order chi connectivity index (χ1) is 8.71. The highest BCUT2D eigenvalue weighted by Gasteiger charge is 2.23. The molecule has 2 aromatic rings. The number of rotatable bonds is 2. The number of fused-ring (bicyclic) bond motifs is 1. The number of nitrogens with two attached hydrogens (primary N) is 1. The van der Waals surface area contributed by atoms with Crippen LogP contribution in [0.15, 0.2) is 41.3 Å². The second-order valence-corrected chi connectivity index (χ2v) is 7.20. The average Bonchev–Trinajstić information content (AvgIpc) is 2.25. The number of hydrogen-bond acceptors (Lipinski definition) is 3. The molecule has 4 nitrogen and oxygen atoms in total. The van der Waals surface area contributed by atoms with E-state index in [0.29, 0.717) is 11.1 Å². The highest BCUT2D eigenvalue weighted by molar-refractivity contribution is 7.89. The third kappa shape index (κ3) is 2.88. The van der Waals surface area contributed by atoms with Crippen LogP contribution in [0.3, 0.4) is 0 Å². The minimum absolute atomic E-state index is 0.257. The van der Waals surface area contributed by atoms with E-state index in [4.69, 9.17) is 5.73 Å². The lowest BCUT2D eigenvalue weighted by Gasteiger charge is -2.21. The van der Waals surface area contributed by atoms with Crippen LogP contribution in [0.5, 0.6) is 0 Å². The van der Waals surface area contributed by atoms with E-state index >= 15 is 0 Å². The molecule has 0 heterocycles. The molecule has 0 unspecified atom stereocenters. The molecule has 0 radical (unpaired) electrons. The summed E-state index contributed by atoms with van der Waals surface area (Å²) in [6.07, 6.45) is 0. The molecule has 0 bridgehead atoms. The Morgan fingerprint density at radius 3 is 2.21 bits per heavy atom. The molecule has 3 N–H and O–H groups in total. The van der Waals surface area contributed by atoms with Crippen LogP contribution in [0.25, 0.3) is 10.8 Å². The second kappa shape index (κ2) is 4.51. The van der Waals surface area contributed by atoms with Gasteiger partial charge in [0.25, 0.3) is 0 Å². The maximum atomic E-state index is 12.4. The van der Waals surface area contributed by atoms with E-state index < -0.39 is 15.6 Å². The van der Waals surface area contributed by atoms with Crippen LogP contribution >= 0.6 is 0 Å². The van der Waals surface area contributed by atoms with Gasteiger partial charge in [-0.05, 0) is 32.9 Å². The molecule has 0 amide bonds. The Bertz CT molecular complexity index is 716. The van der Waals surface area contributed by atoms with Crippen molar-refractivity contribution in [3.8, 4) is 0 Å². The fourth-order valence-electron chi connectivity index (χ4n) is 2.00. The van der Waals surface area contributed by atoms with Gasteiger partial charge < -0.3 is 5.73 Å². The Morgan fingerprint density at radius 2 is 1.58 bits per heavy atom. The molecule has 0 saturated heterocycles. The van der Waals surface area contributed by atoms with Crippen molar-refractivity contribution in [3.63, 3.8) is 0 Å². The summed E-state index contributed by atoms with van der Waals surface area (Å²) < 4.78 is 27.5. The number of hydrogen-bond donors (Lipinski definition) is 2. The van der Waals surface area contributed by atoms with Crippen molar-refractivity contribution >= 4 is 26.5 Å². The fourth-order valence-corrected chi connectivity index (χ4v) is 3.64. The molecule has 5 heteroatoms. The van der Waals surface area contributed by atoms with E-state index in [1.165, 1.54) is 0 Å². The Balaban J connectivity index is 2.67. The van der Waals surface area contributed by atoms with E-state index in [1.807, 2.05) is 26.8 Å². The molecular formula is C14H18N2O2S. The monoisotopic (exact) mass is 278 g/mol. The van der Waals surface area contributed by atoms with E-state index in [1.54, 1.807) is 30.3 Å². The highest BCUT2D eigenvalue weighted by atomic mass is 32.2. The third-order valence-corrected chi connectivity index (χ3v) is 4.46. The summed E-state index contributed by atoms with van der Waals surface area (Å²) in [7, 11) is -3.57. The van der Waals surface area contributed by atoms with E-state index in [-0.39, 0.29) is 4.90 Å². The van der Waals surface area contributed by atoms with Gasteiger partial charge in [-0.1, -0.05) is 24.3 Å². The van der Waals surface area contributed by atoms with Gasteiger partial charge in [0.2, 0.25) is 10.0 Å². The van der Waals surface area contributed by atoms with Gasteiger partial charge in [0, 0.05) is 22.0 Å². The van der Waals surface area contributed by atoms with Gasteiger partial charge in [-0.15, -0.1) is 0 Å². The Labute approximate surface area is 113 Å². The molecule has 0 aliphatic heterocycles. The quantitative estimate of drug-likeness (QED) is 0.829. The summed E-state index contributed by atoms with van der Waals surface area (Å²) in [4.78, 5) is 0.257. The smallest absolute Gasteiger partial charge is 0.241 e. The SMILES string of the molecule is CC(C)(C)NS(=O)(=O)c1cccc2c(N)cccc12. The third-order valence-electron chi connectivity index (χ3n) is 2.65. The number of anilines is 1. The van der Waals surface area contributed by atoms with Gasteiger partial charge in [-0.3, -0.25) is 0 Å². The molecule has 0 spiro atoms. The number of nitrogen functional groups attached to an aromatic ring is 1. The van der Waals surface area contributed by atoms with Gasteiger partial charge in [0.15, 0.2) is 0 Å². The van der Waals surface area contributed by atoms with Crippen molar-refractivity contribution in [2.75, 3.05) is 5.73 Å². The molecule has 0 aliphatic rings. The summed E-state index contributed by atoms with van der Waals surface area (Å²) >= 11 is 0.